The molecular formula is C23H19N3O3. The Morgan fingerprint density at radius 1 is 1.21 bits per heavy atom. The highest BCUT2D eigenvalue weighted by Crippen LogP contribution is 2.36. The van der Waals surface area contributed by atoms with Gasteiger partial charge in [-0.05, 0) is 43.3 Å². The lowest BCUT2D eigenvalue weighted by atomic mass is 10.1. The Labute approximate surface area is 167 Å². The number of aryl methyl sites for hydroxylation is 1. The molecule has 0 unspecified atom stereocenters. The van der Waals surface area contributed by atoms with E-state index in [9.17, 15) is 10.1 Å². The van der Waals surface area contributed by atoms with Crippen molar-refractivity contribution in [3.8, 4) is 23.1 Å². The first-order valence-corrected chi connectivity index (χ1v) is 9.22. The van der Waals surface area contributed by atoms with Gasteiger partial charge in [-0.1, -0.05) is 12.1 Å². The summed E-state index contributed by atoms with van der Waals surface area (Å²) in [6, 6.07) is 18.8. The Balaban J connectivity index is 1.82. The molecule has 4 aromatic rings. The molecule has 6 nitrogen and oxygen atoms in total. The second kappa shape index (κ2) is 7.56. The largest absolute Gasteiger partial charge is 0.497 e. The number of nitriles is 1. The lowest BCUT2D eigenvalue weighted by Gasteiger charge is -2.11. The number of carbonyl (C=O) groups is 1. The standard InChI is InChI=1S/C23H19N3O3/c1-3-26-20-13-17(28-2)9-10-18(20)19(14-24)22(26)15-6-4-7-16(12-15)25-23(27)21-8-5-11-29-21/h4-13H,3H2,1-2H3,(H,25,27). The second-order valence-electron chi connectivity index (χ2n) is 6.47. The van der Waals surface area contributed by atoms with Crippen molar-refractivity contribution >= 4 is 22.5 Å². The molecule has 0 bridgehead atoms. The first-order valence-electron chi connectivity index (χ1n) is 9.22. The number of benzene rings is 2. The maximum absolute atomic E-state index is 12.3. The topological polar surface area (TPSA) is 80.2 Å². The van der Waals surface area contributed by atoms with Gasteiger partial charge in [-0.3, -0.25) is 4.79 Å². The van der Waals surface area contributed by atoms with Crippen LogP contribution in [-0.4, -0.2) is 17.6 Å². The molecule has 1 amide bonds. The number of aromatic nitrogens is 1. The molecule has 0 saturated heterocycles. The lowest BCUT2D eigenvalue weighted by Crippen LogP contribution is -2.10. The van der Waals surface area contributed by atoms with Crippen LogP contribution >= 0.6 is 0 Å². The molecule has 2 aromatic heterocycles. The van der Waals surface area contributed by atoms with Crippen LogP contribution in [0.1, 0.15) is 23.0 Å². The molecule has 0 saturated carbocycles. The second-order valence-corrected chi connectivity index (χ2v) is 6.47. The van der Waals surface area contributed by atoms with Crippen LogP contribution in [0.2, 0.25) is 0 Å². The lowest BCUT2D eigenvalue weighted by molar-refractivity contribution is 0.0996. The van der Waals surface area contributed by atoms with Gasteiger partial charge < -0.3 is 19.0 Å². The van der Waals surface area contributed by atoms with Crippen LogP contribution in [-0.2, 0) is 6.54 Å². The van der Waals surface area contributed by atoms with Crippen molar-refractivity contribution in [1.82, 2.24) is 4.57 Å². The van der Waals surface area contributed by atoms with E-state index in [1.807, 2.05) is 43.3 Å². The summed E-state index contributed by atoms with van der Waals surface area (Å²) in [6.07, 6.45) is 1.46. The zero-order valence-corrected chi connectivity index (χ0v) is 16.1. The van der Waals surface area contributed by atoms with Crippen LogP contribution in [0.4, 0.5) is 5.69 Å². The first kappa shape index (κ1) is 18.4. The molecule has 1 N–H and O–H groups in total. The number of rotatable bonds is 5. The zero-order chi connectivity index (χ0) is 20.4. The van der Waals surface area contributed by atoms with E-state index in [0.717, 1.165) is 27.9 Å². The predicted octanol–water partition coefficient (Wildman–Crippen LogP) is 5.05. The Morgan fingerprint density at radius 3 is 2.76 bits per heavy atom. The van der Waals surface area contributed by atoms with E-state index in [4.69, 9.17) is 9.15 Å². The minimum Gasteiger partial charge on any atom is -0.497 e. The summed E-state index contributed by atoms with van der Waals surface area (Å²) >= 11 is 0. The van der Waals surface area contributed by atoms with Crippen LogP contribution in [0, 0.1) is 11.3 Å². The van der Waals surface area contributed by atoms with Crippen LogP contribution in [0.3, 0.4) is 0 Å². The summed E-state index contributed by atoms with van der Waals surface area (Å²) in [7, 11) is 1.62. The molecule has 0 radical (unpaired) electrons. The zero-order valence-electron chi connectivity index (χ0n) is 16.1. The number of nitrogens with one attached hydrogen (secondary N) is 1. The summed E-state index contributed by atoms with van der Waals surface area (Å²) < 4.78 is 12.6. The van der Waals surface area contributed by atoms with Crippen molar-refractivity contribution in [3.05, 3.63) is 72.2 Å². The van der Waals surface area contributed by atoms with E-state index in [-0.39, 0.29) is 11.7 Å². The molecule has 0 aliphatic heterocycles. The van der Waals surface area contributed by atoms with Gasteiger partial charge in [0.2, 0.25) is 0 Å². The maximum atomic E-state index is 12.3. The van der Waals surface area contributed by atoms with Gasteiger partial charge in [0.15, 0.2) is 5.76 Å². The predicted molar refractivity (Wildman–Crippen MR) is 111 cm³/mol. The summed E-state index contributed by atoms with van der Waals surface area (Å²) in [4.78, 5) is 12.3. The van der Waals surface area contributed by atoms with E-state index in [1.165, 1.54) is 6.26 Å². The number of hydrogen-bond acceptors (Lipinski definition) is 4. The average Bonchev–Trinajstić information content (AvgIpc) is 3.39. The fraction of sp³-hybridized carbons (Fsp3) is 0.130. The highest BCUT2D eigenvalue weighted by molar-refractivity contribution is 6.03. The molecule has 4 rings (SSSR count). The fourth-order valence-corrected chi connectivity index (χ4v) is 3.54. The van der Waals surface area contributed by atoms with Gasteiger partial charge in [-0.15, -0.1) is 0 Å². The first-order chi connectivity index (χ1) is 14.2. The molecule has 0 aliphatic carbocycles. The maximum Gasteiger partial charge on any atom is 0.291 e. The molecule has 0 spiro atoms. The summed E-state index contributed by atoms with van der Waals surface area (Å²) in [5, 5.41) is 13.6. The third-order valence-corrected chi connectivity index (χ3v) is 4.84. The number of fused-ring (bicyclic) bond motifs is 1. The van der Waals surface area contributed by atoms with E-state index in [0.29, 0.717) is 17.8 Å². The Kier molecular flexibility index (Phi) is 4.80. The Bertz CT molecular complexity index is 1230. The Morgan fingerprint density at radius 2 is 2.07 bits per heavy atom. The number of amides is 1. The SMILES string of the molecule is CCn1c(-c2cccc(NC(=O)c3ccco3)c2)c(C#N)c2ccc(OC)cc21. The smallest absolute Gasteiger partial charge is 0.291 e. The number of anilines is 1. The third kappa shape index (κ3) is 3.23. The van der Waals surface area contributed by atoms with Gasteiger partial charge in [0.1, 0.15) is 11.8 Å². The van der Waals surface area contributed by atoms with Crippen molar-refractivity contribution in [2.75, 3.05) is 12.4 Å². The molecule has 0 aliphatic rings. The van der Waals surface area contributed by atoms with Gasteiger partial charge in [0.05, 0.1) is 30.1 Å². The molecule has 29 heavy (non-hydrogen) atoms. The summed E-state index contributed by atoms with van der Waals surface area (Å²) in [6.45, 7) is 2.72. The number of nitrogens with zero attached hydrogens (tertiary/aromatic N) is 2. The van der Waals surface area contributed by atoms with E-state index >= 15 is 0 Å². The molecule has 0 atom stereocenters. The normalized spacial score (nSPS) is 10.7. The minimum absolute atomic E-state index is 0.239. The monoisotopic (exact) mass is 385 g/mol. The molecule has 2 aromatic carbocycles. The van der Waals surface area contributed by atoms with E-state index in [2.05, 4.69) is 16.0 Å². The molecule has 6 heteroatoms. The van der Waals surface area contributed by atoms with Crippen LogP contribution in [0.5, 0.6) is 5.75 Å². The number of ether oxygens (including phenoxy) is 1. The number of methoxy groups -OCH3 is 1. The van der Waals surface area contributed by atoms with E-state index < -0.39 is 0 Å². The Hall–Kier alpha value is -3.98. The van der Waals surface area contributed by atoms with Crippen LogP contribution in [0.25, 0.3) is 22.2 Å². The van der Waals surface area contributed by atoms with Gasteiger partial charge in [-0.25, -0.2) is 0 Å². The van der Waals surface area contributed by atoms with Gasteiger partial charge in [0, 0.05) is 29.2 Å². The highest BCUT2D eigenvalue weighted by atomic mass is 16.5. The van der Waals surface area contributed by atoms with Gasteiger partial charge >= 0.3 is 0 Å². The number of furan rings is 1. The van der Waals surface area contributed by atoms with Crippen LogP contribution < -0.4 is 10.1 Å². The fourth-order valence-electron chi connectivity index (χ4n) is 3.54. The quantitative estimate of drug-likeness (QED) is 0.521. The third-order valence-electron chi connectivity index (χ3n) is 4.84. The molecule has 144 valence electrons. The molecule has 2 heterocycles. The highest BCUT2D eigenvalue weighted by Gasteiger charge is 2.19. The van der Waals surface area contributed by atoms with Crippen molar-refractivity contribution in [1.29, 1.82) is 5.26 Å². The van der Waals surface area contributed by atoms with Crippen molar-refractivity contribution in [2.24, 2.45) is 0 Å². The van der Waals surface area contributed by atoms with Crippen molar-refractivity contribution in [3.63, 3.8) is 0 Å². The summed E-state index contributed by atoms with van der Waals surface area (Å²) in [5.41, 5.74) is 3.81. The average molecular weight is 385 g/mol. The number of carbonyl (C=O) groups excluding carboxylic acids is 1. The summed E-state index contributed by atoms with van der Waals surface area (Å²) in [5.74, 6) is 0.650. The molecular weight excluding hydrogens is 366 g/mol. The van der Waals surface area contributed by atoms with Gasteiger partial charge in [-0.2, -0.15) is 5.26 Å². The molecule has 0 fully saturated rings. The van der Waals surface area contributed by atoms with E-state index in [1.54, 1.807) is 25.3 Å². The number of hydrogen-bond donors (Lipinski definition) is 1. The van der Waals surface area contributed by atoms with Gasteiger partial charge in [0.25, 0.3) is 5.91 Å². The van der Waals surface area contributed by atoms with Crippen molar-refractivity contribution in [2.45, 2.75) is 13.5 Å². The minimum atomic E-state index is -0.326. The van der Waals surface area contributed by atoms with Crippen LogP contribution in [0.15, 0.2) is 65.3 Å². The van der Waals surface area contributed by atoms with Crippen molar-refractivity contribution < 1.29 is 13.9 Å².